The van der Waals surface area contributed by atoms with Crippen molar-refractivity contribution in [3.63, 3.8) is 0 Å². The summed E-state index contributed by atoms with van der Waals surface area (Å²) in [6, 6.07) is 2.74. The molecule has 2 unspecified atom stereocenters. The Morgan fingerprint density at radius 3 is 2.67 bits per heavy atom. The minimum atomic E-state index is -0.840. The van der Waals surface area contributed by atoms with Crippen LogP contribution in [0, 0.1) is 17.0 Å². The van der Waals surface area contributed by atoms with Gasteiger partial charge in [0, 0.05) is 6.04 Å². The quantitative estimate of drug-likeness (QED) is 0.682. The van der Waals surface area contributed by atoms with Crippen LogP contribution in [0.2, 0.25) is 0 Å². The van der Waals surface area contributed by atoms with Crippen LogP contribution in [0.4, 0.5) is 8.78 Å². The van der Waals surface area contributed by atoms with Gasteiger partial charge >= 0.3 is 0 Å². The molecule has 1 heterocycles. The number of imidazole rings is 1. The fourth-order valence-corrected chi connectivity index (χ4v) is 3.68. The van der Waals surface area contributed by atoms with Crippen LogP contribution >= 0.6 is 11.6 Å². The molecule has 0 bridgehead atoms. The number of alkyl halides is 1. The number of rotatable bonds is 2. The lowest BCUT2D eigenvalue weighted by molar-refractivity contribution is 0.259. The van der Waals surface area contributed by atoms with E-state index in [9.17, 15) is 8.78 Å². The Morgan fingerprint density at radius 1 is 1.38 bits per heavy atom. The van der Waals surface area contributed by atoms with E-state index in [1.165, 1.54) is 6.07 Å². The van der Waals surface area contributed by atoms with Crippen molar-refractivity contribution < 1.29 is 8.78 Å². The van der Waals surface area contributed by atoms with Crippen molar-refractivity contribution in [3.8, 4) is 0 Å². The molecule has 0 N–H and O–H groups in total. The molecule has 1 aromatic heterocycles. The van der Waals surface area contributed by atoms with E-state index in [0.717, 1.165) is 25.3 Å². The molecule has 5 heteroatoms. The summed E-state index contributed by atoms with van der Waals surface area (Å²) in [5.74, 6) is -1.05. The Hall–Kier alpha value is -1.16. The Kier molecular flexibility index (Phi) is 3.47. The lowest BCUT2D eigenvalue weighted by Gasteiger charge is -2.30. The van der Waals surface area contributed by atoms with Crippen molar-refractivity contribution in [3.05, 3.63) is 29.6 Å². The summed E-state index contributed by atoms with van der Waals surface area (Å²) in [5.41, 5.74) is 0.740. The van der Waals surface area contributed by atoms with Gasteiger partial charge < -0.3 is 4.57 Å². The number of aromatic nitrogens is 2. The third-order valence-electron chi connectivity index (χ3n) is 4.64. The highest BCUT2D eigenvalue weighted by molar-refractivity contribution is 6.20. The first-order chi connectivity index (χ1) is 9.83. The number of benzene rings is 1. The minimum absolute atomic E-state index is 0.0208. The Labute approximate surface area is 128 Å². The van der Waals surface area contributed by atoms with Crippen molar-refractivity contribution in [2.24, 2.45) is 5.41 Å². The molecule has 0 spiro atoms. The predicted molar refractivity (Wildman–Crippen MR) is 80.6 cm³/mol. The zero-order valence-corrected chi connectivity index (χ0v) is 13.2. The van der Waals surface area contributed by atoms with Crippen LogP contribution in [0.3, 0.4) is 0 Å². The van der Waals surface area contributed by atoms with Crippen molar-refractivity contribution >= 4 is 22.6 Å². The second-order valence-electron chi connectivity index (χ2n) is 6.58. The van der Waals surface area contributed by atoms with Gasteiger partial charge in [0.1, 0.15) is 11.3 Å². The number of fused-ring (bicyclic) bond motifs is 1. The standard InChI is InChI=1S/C16H19ClF2N2/c1-9(17)15-20-11-7-6-10(18)13(19)14(11)21(15)12-5-4-8-16(12,2)3/h6-7,9,12H,4-5,8H2,1-3H3. The topological polar surface area (TPSA) is 17.8 Å². The Bertz CT molecular complexity index is 691. The Balaban J connectivity index is 2.33. The molecule has 0 radical (unpaired) electrons. The lowest BCUT2D eigenvalue weighted by Crippen LogP contribution is -2.23. The largest absolute Gasteiger partial charge is 0.321 e. The van der Waals surface area contributed by atoms with Crippen molar-refractivity contribution in [1.29, 1.82) is 0 Å². The molecule has 3 rings (SSSR count). The molecule has 2 nitrogen and oxygen atoms in total. The van der Waals surface area contributed by atoms with Crippen LogP contribution < -0.4 is 0 Å². The van der Waals surface area contributed by atoms with E-state index >= 15 is 0 Å². The molecule has 2 atom stereocenters. The van der Waals surface area contributed by atoms with Gasteiger partial charge in [-0.05, 0) is 37.3 Å². The average molecular weight is 313 g/mol. The molecule has 1 aromatic carbocycles. The first-order valence-corrected chi connectivity index (χ1v) is 7.76. The predicted octanol–water partition coefficient (Wildman–Crippen LogP) is 5.37. The zero-order valence-electron chi connectivity index (χ0n) is 12.5. The molecular formula is C16H19ClF2N2. The molecule has 1 aliphatic rings. The molecule has 1 fully saturated rings. The fraction of sp³-hybridized carbons (Fsp3) is 0.562. The molecule has 1 saturated carbocycles. The van der Waals surface area contributed by atoms with E-state index in [2.05, 4.69) is 18.8 Å². The summed E-state index contributed by atoms with van der Waals surface area (Å²) < 4.78 is 29.9. The maximum Gasteiger partial charge on any atom is 0.184 e. The van der Waals surface area contributed by atoms with E-state index in [1.807, 2.05) is 11.5 Å². The molecule has 2 aromatic rings. The van der Waals surface area contributed by atoms with Crippen molar-refractivity contribution in [2.75, 3.05) is 0 Å². The monoisotopic (exact) mass is 312 g/mol. The second kappa shape index (κ2) is 4.94. The smallest absolute Gasteiger partial charge is 0.184 e. The van der Waals surface area contributed by atoms with E-state index in [-0.39, 0.29) is 22.4 Å². The zero-order chi connectivity index (χ0) is 15.4. The second-order valence-corrected chi connectivity index (χ2v) is 7.24. The van der Waals surface area contributed by atoms with Gasteiger partial charge in [0.2, 0.25) is 0 Å². The van der Waals surface area contributed by atoms with Crippen molar-refractivity contribution in [2.45, 2.75) is 51.5 Å². The Morgan fingerprint density at radius 2 is 2.10 bits per heavy atom. The van der Waals surface area contributed by atoms with E-state index < -0.39 is 11.6 Å². The van der Waals surface area contributed by atoms with Gasteiger partial charge in [0.15, 0.2) is 11.6 Å². The van der Waals surface area contributed by atoms with E-state index in [0.29, 0.717) is 11.3 Å². The van der Waals surface area contributed by atoms with Gasteiger partial charge in [0.25, 0.3) is 0 Å². The minimum Gasteiger partial charge on any atom is -0.321 e. The molecule has 0 saturated heterocycles. The first-order valence-electron chi connectivity index (χ1n) is 7.33. The molecule has 0 amide bonds. The van der Waals surface area contributed by atoms with Gasteiger partial charge in [-0.1, -0.05) is 20.3 Å². The van der Waals surface area contributed by atoms with Crippen LogP contribution in [-0.2, 0) is 0 Å². The summed E-state index contributed by atoms with van der Waals surface area (Å²) in [7, 11) is 0. The molecule has 1 aliphatic carbocycles. The fourth-order valence-electron chi connectivity index (χ4n) is 3.52. The lowest BCUT2D eigenvalue weighted by atomic mass is 9.87. The summed E-state index contributed by atoms with van der Waals surface area (Å²) in [6.07, 6.45) is 3.07. The SMILES string of the molecule is CC(Cl)c1nc2ccc(F)c(F)c2n1C1CCCC1(C)C. The average Bonchev–Trinajstić information content (AvgIpc) is 2.94. The van der Waals surface area contributed by atoms with Crippen LogP contribution in [0.1, 0.15) is 57.3 Å². The molecular weight excluding hydrogens is 294 g/mol. The third kappa shape index (κ3) is 2.24. The van der Waals surface area contributed by atoms with Crippen LogP contribution in [0.15, 0.2) is 12.1 Å². The van der Waals surface area contributed by atoms with Gasteiger partial charge in [-0.15, -0.1) is 11.6 Å². The third-order valence-corrected chi connectivity index (χ3v) is 4.83. The molecule has 21 heavy (non-hydrogen) atoms. The summed E-state index contributed by atoms with van der Waals surface area (Å²) >= 11 is 6.24. The number of hydrogen-bond donors (Lipinski definition) is 0. The number of halogens is 3. The number of nitrogens with zero attached hydrogens (tertiary/aromatic N) is 2. The van der Waals surface area contributed by atoms with E-state index in [1.54, 1.807) is 0 Å². The van der Waals surface area contributed by atoms with Crippen LogP contribution in [0.25, 0.3) is 11.0 Å². The van der Waals surface area contributed by atoms with E-state index in [4.69, 9.17) is 11.6 Å². The van der Waals surface area contributed by atoms with Gasteiger partial charge in [-0.25, -0.2) is 13.8 Å². The first kappa shape index (κ1) is 14.8. The maximum atomic E-state index is 14.4. The van der Waals surface area contributed by atoms with Crippen LogP contribution in [0.5, 0.6) is 0 Å². The summed E-state index contributed by atoms with van der Waals surface area (Å²) in [5, 5.41) is -0.351. The van der Waals surface area contributed by atoms with Gasteiger partial charge in [0.05, 0.1) is 10.9 Å². The maximum absolute atomic E-state index is 14.4. The number of hydrogen-bond acceptors (Lipinski definition) is 1. The van der Waals surface area contributed by atoms with Crippen LogP contribution in [-0.4, -0.2) is 9.55 Å². The summed E-state index contributed by atoms with van der Waals surface area (Å²) in [6.45, 7) is 6.14. The highest BCUT2D eigenvalue weighted by Crippen LogP contribution is 2.48. The molecule has 114 valence electrons. The highest BCUT2D eigenvalue weighted by atomic mass is 35.5. The summed E-state index contributed by atoms with van der Waals surface area (Å²) in [4.78, 5) is 4.45. The van der Waals surface area contributed by atoms with Crippen molar-refractivity contribution in [1.82, 2.24) is 9.55 Å². The van der Waals surface area contributed by atoms with Gasteiger partial charge in [-0.3, -0.25) is 0 Å². The highest BCUT2D eigenvalue weighted by Gasteiger charge is 2.39. The molecule has 0 aliphatic heterocycles. The normalized spacial score (nSPS) is 22.9. The van der Waals surface area contributed by atoms with Gasteiger partial charge in [-0.2, -0.15) is 0 Å².